The zero-order valence-electron chi connectivity index (χ0n) is 6.71. The van der Waals surface area contributed by atoms with Gasteiger partial charge in [-0.15, -0.1) is 0 Å². The second kappa shape index (κ2) is 4.31. The van der Waals surface area contributed by atoms with Crippen molar-refractivity contribution in [3.8, 4) is 0 Å². The Kier molecular flexibility index (Phi) is 3.27. The second-order valence-electron chi connectivity index (χ2n) is 2.76. The van der Waals surface area contributed by atoms with E-state index in [2.05, 4.69) is 16.8 Å². The van der Waals surface area contributed by atoms with Crippen LogP contribution < -0.4 is 0 Å². The van der Waals surface area contributed by atoms with Crippen LogP contribution in [0.2, 0.25) is 0 Å². The van der Waals surface area contributed by atoms with E-state index in [1.54, 1.807) is 0 Å². The summed E-state index contributed by atoms with van der Waals surface area (Å²) in [6.07, 6.45) is 5.97. The zero-order valence-corrected chi connectivity index (χ0v) is 6.71. The third kappa shape index (κ3) is 2.38. The highest BCUT2D eigenvalue weighted by atomic mass is 15.2. The largest absolute Gasteiger partial charge is 0.361 e. The van der Waals surface area contributed by atoms with Gasteiger partial charge in [0.1, 0.15) is 0 Å². The van der Waals surface area contributed by atoms with Crippen molar-refractivity contribution in [3.63, 3.8) is 0 Å². The van der Waals surface area contributed by atoms with Gasteiger partial charge in [0, 0.05) is 13.1 Å². The third-order valence-electron chi connectivity index (χ3n) is 1.81. The number of unbranched alkanes of at least 4 members (excludes halogenated alkanes) is 2. The smallest absolute Gasteiger partial charge is 0.0851 e. The van der Waals surface area contributed by atoms with Crippen LogP contribution in [0.25, 0.3) is 0 Å². The molecule has 1 aliphatic heterocycles. The predicted octanol–water partition coefficient (Wildman–Crippen LogP) is 1.52. The van der Waals surface area contributed by atoms with Gasteiger partial charge < -0.3 is 4.90 Å². The zero-order chi connectivity index (χ0) is 7.23. The SMILES string of the molecule is CCCCCN1C=NCC1. The normalized spacial score (nSPS) is 16.7. The lowest BCUT2D eigenvalue weighted by Gasteiger charge is -2.12. The lowest BCUT2D eigenvalue weighted by molar-refractivity contribution is 0.446. The van der Waals surface area contributed by atoms with Crippen LogP contribution in [0.15, 0.2) is 4.99 Å². The van der Waals surface area contributed by atoms with E-state index in [-0.39, 0.29) is 0 Å². The van der Waals surface area contributed by atoms with Gasteiger partial charge >= 0.3 is 0 Å². The highest BCUT2D eigenvalue weighted by Crippen LogP contribution is 1.99. The van der Waals surface area contributed by atoms with Crippen LogP contribution in [0.3, 0.4) is 0 Å². The molecule has 0 aliphatic carbocycles. The second-order valence-corrected chi connectivity index (χ2v) is 2.76. The van der Waals surface area contributed by atoms with Crippen LogP contribution in [0.1, 0.15) is 26.2 Å². The summed E-state index contributed by atoms with van der Waals surface area (Å²) in [4.78, 5) is 6.45. The molecule has 1 aliphatic rings. The Morgan fingerprint density at radius 3 is 3.00 bits per heavy atom. The quantitative estimate of drug-likeness (QED) is 0.540. The molecule has 0 saturated heterocycles. The van der Waals surface area contributed by atoms with Crippen molar-refractivity contribution in [3.05, 3.63) is 0 Å². The molecule has 2 heteroatoms. The minimum Gasteiger partial charge on any atom is -0.361 e. The number of hydrogen-bond acceptors (Lipinski definition) is 2. The van der Waals surface area contributed by atoms with Crippen molar-refractivity contribution in [2.24, 2.45) is 4.99 Å². The van der Waals surface area contributed by atoms with E-state index in [1.165, 1.54) is 25.8 Å². The maximum Gasteiger partial charge on any atom is 0.0851 e. The summed E-state index contributed by atoms with van der Waals surface area (Å²) in [6.45, 7) is 5.59. The van der Waals surface area contributed by atoms with Crippen LogP contribution in [-0.4, -0.2) is 30.9 Å². The molecule has 0 aromatic heterocycles. The number of hydrogen-bond donors (Lipinski definition) is 0. The molecular weight excluding hydrogens is 124 g/mol. The highest BCUT2D eigenvalue weighted by Gasteiger charge is 2.02. The lowest BCUT2D eigenvalue weighted by atomic mass is 10.2. The van der Waals surface area contributed by atoms with Crippen molar-refractivity contribution in [1.82, 2.24) is 4.90 Å². The summed E-state index contributed by atoms with van der Waals surface area (Å²) in [5.41, 5.74) is 0. The Morgan fingerprint density at radius 1 is 1.50 bits per heavy atom. The standard InChI is InChI=1S/C8H16N2/c1-2-3-4-6-10-7-5-9-8-10/h8H,2-7H2,1H3. The maximum atomic E-state index is 4.14. The van der Waals surface area contributed by atoms with E-state index in [4.69, 9.17) is 0 Å². The summed E-state index contributed by atoms with van der Waals surface area (Å²) >= 11 is 0. The van der Waals surface area contributed by atoms with E-state index < -0.39 is 0 Å². The summed E-state index contributed by atoms with van der Waals surface area (Å²) in [6, 6.07) is 0. The average Bonchev–Trinajstić information content (AvgIpc) is 2.41. The monoisotopic (exact) mass is 140 g/mol. The Hall–Kier alpha value is -0.530. The van der Waals surface area contributed by atoms with Gasteiger partial charge in [-0.1, -0.05) is 19.8 Å². The lowest BCUT2D eigenvalue weighted by Crippen LogP contribution is -2.20. The Morgan fingerprint density at radius 2 is 2.40 bits per heavy atom. The third-order valence-corrected chi connectivity index (χ3v) is 1.81. The molecule has 0 N–H and O–H groups in total. The molecule has 0 aromatic carbocycles. The Bertz CT molecular complexity index is 110. The van der Waals surface area contributed by atoms with Gasteiger partial charge in [0.2, 0.25) is 0 Å². The van der Waals surface area contributed by atoms with Gasteiger partial charge in [-0.3, -0.25) is 4.99 Å². The van der Waals surface area contributed by atoms with Gasteiger partial charge in [0.25, 0.3) is 0 Å². The topological polar surface area (TPSA) is 15.6 Å². The van der Waals surface area contributed by atoms with Crippen molar-refractivity contribution in [1.29, 1.82) is 0 Å². The highest BCUT2D eigenvalue weighted by molar-refractivity contribution is 5.56. The summed E-state index contributed by atoms with van der Waals surface area (Å²) in [5.74, 6) is 0. The van der Waals surface area contributed by atoms with Crippen LogP contribution >= 0.6 is 0 Å². The molecule has 0 aromatic rings. The van der Waals surface area contributed by atoms with Gasteiger partial charge in [-0.05, 0) is 6.42 Å². The van der Waals surface area contributed by atoms with Crippen LogP contribution in [-0.2, 0) is 0 Å². The fourth-order valence-electron chi connectivity index (χ4n) is 1.15. The van der Waals surface area contributed by atoms with Gasteiger partial charge in [-0.2, -0.15) is 0 Å². The first-order valence-electron chi connectivity index (χ1n) is 4.17. The van der Waals surface area contributed by atoms with E-state index in [1.807, 2.05) is 6.34 Å². The molecule has 0 fully saturated rings. The van der Waals surface area contributed by atoms with Crippen molar-refractivity contribution < 1.29 is 0 Å². The van der Waals surface area contributed by atoms with E-state index in [9.17, 15) is 0 Å². The molecule has 0 spiro atoms. The maximum absolute atomic E-state index is 4.14. The molecule has 0 unspecified atom stereocenters. The van der Waals surface area contributed by atoms with Crippen LogP contribution in [0.4, 0.5) is 0 Å². The molecule has 0 amide bonds. The Balaban J connectivity index is 1.97. The van der Waals surface area contributed by atoms with E-state index >= 15 is 0 Å². The summed E-state index contributed by atoms with van der Waals surface area (Å²) in [7, 11) is 0. The average molecular weight is 140 g/mol. The molecule has 0 radical (unpaired) electrons. The number of aliphatic imine (C=N–C) groups is 1. The summed E-state index contributed by atoms with van der Waals surface area (Å²) < 4.78 is 0. The molecule has 2 nitrogen and oxygen atoms in total. The van der Waals surface area contributed by atoms with Gasteiger partial charge in [0.05, 0.1) is 12.9 Å². The molecule has 0 bridgehead atoms. The fourth-order valence-corrected chi connectivity index (χ4v) is 1.15. The Labute approximate surface area is 62.9 Å². The molecule has 0 saturated carbocycles. The van der Waals surface area contributed by atoms with Crippen molar-refractivity contribution in [2.45, 2.75) is 26.2 Å². The first kappa shape index (κ1) is 7.58. The summed E-state index contributed by atoms with van der Waals surface area (Å²) in [5, 5.41) is 0. The van der Waals surface area contributed by atoms with E-state index in [0.29, 0.717) is 0 Å². The van der Waals surface area contributed by atoms with Gasteiger partial charge in [0.15, 0.2) is 0 Å². The minimum absolute atomic E-state index is 1.01. The molecule has 1 heterocycles. The molecule has 58 valence electrons. The van der Waals surface area contributed by atoms with Gasteiger partial charge in [-0.25, -0.2) is 0 Å². The van der Waals surface area contributed by atoms with E-state index in [0.717, 1.165) is 13.1 Å². The molecule has 1 rings (SSSR count). The fraction of sp³-hybridized carbons (Fsp3) is 0.875. The van der Waals surface area contributed by atoms with Crippen molar-refractivity contribution >= 4 is 6.34 Å². The predicted molar refractivity (Wildman–Crippen MR) is 44.5 cm³/mol. The molecular formula is C8H16N2. The molecule has 0 atom stereocenters. The number of rotatable bonds is 4. The minimum atomic E-state index is 1.01. The van der Waals surface area contributed by atoms with Crippen LogP contribution in [0, 0.1) is 0 Å². The van der Waals surface area contributed by atoms with Crippen LogP contribution in [0.5, 0.6) is 0 Å². The number of nitrogens with zero attached hydrogens (tertiary/aromatic N) is 2. The first-order valence-corrected chi connectivity index (χ1v) is 4.17. The first-order chi connectivity index (χ1) is 4.93. The molecule has 10 heavy (non-hydrogen) atoms. The van der Waals surface area contributed by atoms with Crippen molar-refractivity contribution in [2.75, 3.05) is 19.6 Å².